The van der Waals surface area contributed by atoms with Crippen molar-refractivity contribution >= 4 is 11.6 Å². The average molecular weight is 149 g/mol. The highest BCUT2D eigenvalue weighted by Crippen LogP contribution is 2.05. The molecule has 0 aliphatic carbocycles. The molecule has 0 aliphatic heterocycles. The fourth-order valence-corrected chi connectivity index (χ4v) is 0.698. The van der Waals surface area contributed by atoms with E-state index in [2.05, 4.69) is 0 Å². The third-order valence-corrected chi connectivity index (χ3v) is 1.26. The van der Waals surface area contributed by atoms with Crippen molar-refractivity contribution < 1.29 is 0 Å². The molecule has 0 rings (SSSR count). The maximum atomic E-state index is 5.69. The summed E-state index contributed by atoms with van der Waals surface area (Å²) in [6, 6.07) is 0. The van der Waals surface area contributed by atoms with Crippen LogP contribution in [0.3, 0.4) is 0 Å². The van der Waals surface area contributed by atoms with Gasteiger partial charge in [0.25, 0.3) is 0 Å². The molecule has 0 amide bonds. The summed E-state index contributed by atoms with van der Waals surface area (Å²) in [5, 5.41) is 0.822. The van der Waals surface area contributed by atoms with Gasteiger partial charge in [0.1, 0.15) is 0 Å². The van der Waals surface area contributed by atoms with Crippen LogP contribution in [0.15, 0.2) is 11.1 Å². The second kappa shape index (κ2) is 6.08. The standard InChI is InChI=1S/C6H13ClN2/c7-6(3-5-9)2-1-4-8/h2H,1,3-5,8-9H2. The molecule has 4 N–H and O–H groups in total. The Bertz CT molecular complexity index is 91.1. The average Bonchev–Trinajstić information content (AvgIpc) is 1.85. The molecule has 0 atom stereocenters. The molecule has 0 unspecified atom stereocenters. The SMILES string of the molecule is NCCC=C(Cl)CCN. The lowest BCUT2D eigenvalue weighted by molar-refractivity contribution is 0.958. The van der Waals surface area contributed by atoms with Gasteiger partial charge in [-0.3, -0.25) is 0 Å². The lowest BCUT2D eigenvalue weighted by Gasteiger charge is -1.92. The molecule has 0 spiro atoms. The zero-order valence-corrected chi connectivity index (χ0v) is 6.19. The van der Waals surface area contributed by atoms with Crippen LogP contribution in [0.1, 0.15) is 12.8 Å². The second-order valence-corrected chi connectivity index (χ2v) is 2.25. The van der Waals surface area contributed by atoms with E-state index in [4.69, 9.17) is 23.1 Å². The summed E-state index contributed by atoms with van der Waals surface area (Å²) < 4.78 is 0. The topological polar surface area (TPSA) is 52.0 Å². The normalized spacial score (nSPS) is 12.1. The van der Waals surface area contributed by atoms with Crippen LogP contribution in [0.25, 0.3) is 0 Å². The van der Waals surface area contributed by atoms with Gasteiger partial charge in [-0.15, -0.1) is 0 Å². The van der Waals surface area contributed by atoms with Crippen molar-refractivity contribution in [1.82, 2.24) is 0 Å². The first kappa shape index (κ1) is 8.95. The summed E-state index contributed by atoms with van der Waals surface area (Å²) in [4.78, 5) is 0. The van der Waals surface area contributed by atoms with E-state index in [-0.39, 0.29) is 0 Å². The molecule has 0 aliphatic rings. The number of rotatable bonds is 4. The summed E-state index contributed by atoms with van der Waals surface area (Å²) >= 11 is 5.69. The molecule has 0 radical (unpaired) electrons. The summed E-state index contributed by atoms with van der Waals surface area (Å²) in [6.07, 6.45) is 3.52. The lowest BCUT2D eigenvalue weighted by Crippen LogP contribution is -1.99. The minimum absolute atomic E-state index is 0.611. The molecule has 0 saturated heterocycles. The van der Waals surface area contributed by atoms with Gasteiger partial charge in [-0.2, -0.15) is 0 Å². The zero-order chi connectivity index (χ0) is 7.11. The van der Waals surface area contributed by atoms with Crippen LogP contribution in [0.2, 0.25) is 0 Å². The Morgan fingerprint density at radius 1 is 1.33 bits per heavy atom. The maximum Gasteiger partial charge on any atom is 0.0154 e. The smallest absolute Gasteiger partial charge is 0.0154 e. The van der Waals surface area contributed by atoms with Crippen LogP contribution < -0.4 is 11.5 Å². The van der Waals surface area contributed by atoms with Gasteiger partial charge in [-0.1, -0.05) is 17.7 Å². The summed E-state index contributed by atoms with van der Waals surface area (Å²) in [5.41, 5.74) is 10.5. The molecule has 0 aromatic heterocycles. The van der Waals surface area contributed by atoms with Gasteiger partial charge in [0.05, 0.1) is 0 Å². The number of nitrogens with two attached hydrogens (primary N) is 2. The minimum atomic E-state index is 0.611. The van der Waals surface area contributed by atoms with E-state index in [0.717, 1.165) is 17.9 Å². The molecule has 0 aromatic rings. The van der Waals surface area contributed by atoms with Crippen molar-refractivity contribution in [3.63, 3.8) is 0 Å². The van der Waals surface area contributed by atoms with E-state index < -0.39 is 0 Å². The van der Waals surface area contributed by atoms with Gasteiger partial charge < -0.3 is 11.5 Å². The Balaban J connectivity index is 3.30. The van der Waals surface area contributed by atoms with Gasteiger partial charge in [-0.25, -0.2) is 0 Å². The van der Waals surface area contributed by atoms with E-state index in [0.29, 0.717) is 13.1 Å². The van der Waals surface area contributed by atoms with Crippen LogP contribution >= 0.6 is 11.6 Å². The first-order valence-corrected chi connectivity index (χ1v) is 3.43. The molecule has 0 aromatic carbocycles. The Morgan fingerprint density at radius 2 is 2.00 bits per heavy atom. The van der Waals surface area contributed by atoms with Crippen molar-refractivity contribution in [3.05, 3.63) is 11.1 Å². The molecule has 0 heterocycles. The van der Waals surface area contributed by atoms with Crippen molar-refractivity contribution in [2.75, 3.05) is 13.1 Å². The molecule has 2 nitrogen and oxygen atoms in total. The Hall–Kier alpha value is -0.0500. The van der Waals surface area contributed by atoms with Crippen molar-refractivity contribution in [3.8, 4) is 0 Å². The third-order valence-electron chi connectivity index (χ3n) is 0.916. The molecular weight excluding hydrogens is 136 g/mol. The summed E-state index contributed by atoms with van der Waals surface area (Å²) in [6.45, 7) is 1.26. The Morgan fingerprint density at radius 3 is 2.44 bits per heavy atom. The maximum absolute atomic E-state index is 5.69. The fraction of sp³-hybridized carbons (Fsp3) is 0.667. The van der Waals surface area contributed by atoms with Gasteiger partial charge in [0, 0.05) is 5.03 Å². The van der Waals surface area contributed by atoms with Gasteiger partial charge in [0.2, 0.25) is 0 Å². The Kier molecular flexibility index (Phi) is 6.04. The van der Waals surface area contributed by atoms with Crippen LogP contribution in [0.5, 0.6) is 0 Å². The number of halogens is 1. The second-order valence-electron chi connectivity index (χ2n) is 1.77. The van der Waals surface area contributed by atoms with E-state index in [1.165, 1.54) is 0 Å². The molecule has 9 heavy (non-hydrogen) atoms. The fourth-order valence-electron chi connectivity index (χ4n) is 0.480. The minimum Gasteiger partial charge on any atom is -0.330 e. The predicted molar refractivity (Wildman–Crippen MR) is 41.3 cm³/mol. The highest BCUT2D eigenvalue weighted by Gasteiger charge is 1.86. The zero-order valence-electron chi connectivity index (χ0n) is 5.44. The summed E-state index contributed by atoms with van der Waals surface area (Å²) in [5.74, 6) is 0. The lowest BCUT2D eigenvalue weighted by atomic mass is 10.3. The molecule has 54 valence electrons. The van der Waals surface area contributed by atoms with Crippen molar-refractivity contribution in [2.45, 2.75) is 12.8 Å². The van der Waals surface area contributed by atoms with E-state index >= 15 is 0 Å². The largest absolute Gasteiger partial charge is 0.330 e. The first-order chi connectivity index (χ1) is 4.31. The van der Waals surface area contributed by atoms with E-state index in [1.807, 2.05) is 6.08 Å². The highest BCUT2D eigenvalue weighted by molar-refractivity contribution is 6.29. The number of hydrogen-bond donors (Lipinski definition) is 2. The molecular formula is C6H13ClN2. The summed E-state index contributed by atoms with van der Waals surface area (Å²) in [7, 11) is 0. The van der Waals surface area contributed by atoms with E-state index in [1.54, 1.807) is 0 Å². The first-order valence-electron chi connectivity index (χ1n) is 3.06. The third kappa shape index (κ3) is 5.83. The van der Waals surface area contributed by atoms with E-state index in [9.17, 15) is 0 Å². The Labute approximate surface area is 60.9 Å². The number of hydrogen-bond acceptors (Lipinski definition) is 2. The van der Waals surface area contributed by atoms with Crippen LogP contribution in [0, 0.1) is 0 Å². The molecule has 0 bridgehead atoms. The van der Waals surface area contributed by atoms with Crippen molar-refractivity contribution in [2.24, 2.45) is 11.5 Å². The molecule has 3 heteroatoms. The van der Waals surface area contributed by atoms with Crippen LogP contribution in [0.4, 0.5) is 0 Å². The van der Waals surface area contributed by atoms with Crippen LogP contribution in [-0.4, -0.2) is 13.1 Å². The van der Waals surface area contributed by atoms with Gasteiger partial charge in [-0.05, 0) is 25.9 Å². The monoisotopic (exact) mass is 148 g/mol. The highest BCUT2D eigenvalue weighted by atomic mass is 35.5. The predicted octanol–water partition coefficient (Wildman–Crippen LogP) is 0.807. The molecule has 0 fully saturated rings. The van der Waals surface area contributed by atoms with Crippen molar-refractivity contribution in [1.29, 1.82) is 0 Å². The molecule has 0 saturated carbocycles. The van der Waals surface area contributed by atoms with Gasteiger partial charge in [0.15, 0.2) is 0 Å². The quantitative estimate of drug-likeness (QED) is 0.620. The van der Waals surface area contributed by atoms with Crippen LogP contribution in [-0.2, 0) is 0 Å². The van der Waals surface area contributed by atoms with Gasteiger partial charge >= 0.3 is 0 Å².